The number of ether oxygens (including phenoxy) is 3. The minimum Gasteiger partial charge on any atom is -0.495 e. The second-order valence-corrected chi connectivity index (χ2v) is 11.9. The van der Waals surface area contributed by atoms with Crippen molar-refractivity contribution in [2.24, 2.45) is 11.7 Å². The van der Waals surface area contributed by atoms with Crippen molar-refractivity contribution in [3.8, 4) is 5.75 Å². The van der Waals surface area contributed by atoms with Gasteiger partial charge in [0.05, 0.1) is 30.8 Å². The average Bonchev–Trinajstić information content (AvgIpc) is 2.90. The van der Waals surface area contributed by atoms with Gasteiger partial charge in [-0.05, 0) is 58.6 Å². The predicted octanol–water partition coefficient (Wildman–Crippen LogP) is 4.26. The Kier molecular flexibility index (Phi) is 10.8. The van der Waals surface area contributed by atoms with Crippen LogP contribution in [0.4, 0.5) is 4.79 Å². The molecule has 0 saturated carbocycles. The Bertz CT molecular complexity index is 1300. The van der Waals surface area contributed by atoms with Gasteiger partial charge in [0.1, 0.15) is 16.9 Å². The molecule has 11 heteroatoms. The molecule has 3 amide bonds. The lowest BCUT2D eigenvalue weighted by Crippen LogP contribution is -2.58. The lowest BCUT2D eigenvalue weighted by Gasteiger charge is -2.43. The van der Waals surface area contributed by atoms with E-state index in [-0.39, 0.29) is 67.4 Å². The standard InChI is InChI=1S/C31H44N4O7/c1-8-41-30(39)34-15-16-35(20(18-34)17-19(2)3)29(38)22(13-14-24(36)42-31(4,5)6)26-25(28(32)37)27(40-7)21-11-9-10-12-23(21)33-26/h9-12,19-20,22H,8,13-18H2,1-7H3,(H2,32,37). The van der Waals surface area contributed by atoms with Crippen LogP contribution >= 0.6 is 0 Å². The van der Waals surface area contributed by atoms with Crippen molar-refractivity contribution in [2.75, 3.05) is 33.4 Å². The molecule has 0 aliphatic carbocycles. The van der Waals surface area contributed by atoms with Crippen LogP contribution in [0.25, 0.3) is 10.9 Å². The van der Waals surface area contributed by atoms with E-state index in [0.717, 1.165) is 0 Å². The van der Waals surface area contributed by atoms with Gasteiger partial charge in [-0.25, -0.2) is 4.79 Å². The molecule has 2 N–H and O–H groups in total. The Balaban J connectivity index is 2.11. The lowest BCUT2D eigenvalue weighted by atomic mass is 9.90. The first-order chi connectivity index (χ1) is 19.8. The largest absolute Gasteiger partial charge is 0.495 e. The number of methoxy groups -OCH3 is 1. The number of piperazine rings is 1. The Labute approximate surface area is 247 Å². The van der Waals surface area contributed by atoms with E-state index in [1.165, 1.54) is 7.11 Å². The summed E-state index contributed by atoms with van der Waals surface area (Å²) in [6.07, 6.45) is 0.171. The number of carbonyl (C=O) groups is 4. The second kappa shape index (κ2) is 13.8. The molecule has 1 fully saturated rings. The number of pyridine rings is 1. The SMILES string of the molecule is CCOC(=O)N1CCN(C(=O)C(CCC(=O)OC(C)(C)C)c2nc3ccccc3c(OC)c2C(N)=O)C(CC(C)C)C1. The first-order valence-electron chi connectivity index (χ1n) is 14.5. The van der Waals surface area contributed by atoms with Crippen LogP contribution in [0.2, 0.25) is 0 Å². The molecule has 3 rings (SSSR count). The molecule has 0 radical (unpaired) electrons. The number of nitrogens with zero attached hydrogens (tertiary/aromatic N) is 3. The summed E-state index contributed by atoms with van der Waals surface area (Å²) in [5.41, 5.74) is 5.86. The summed E-state index contributed by atoms with van der Waals surface area (Å²) >= 11 is 0. The number of hydrogen-bond donors (Lipinski definition) is 1. The summed E-state index contributed by atoms with van der Waals surface area (Å²) in [4.78, 5) is 60.8. The van der Waals surface area contributed by atoms with Crippen LogP contribution in [0.3, 0.4) is 0 Å². The van der Waals surface area contributed by atoms with Gasteiger partial charge in [0, 0.05) is 37.5 Å². The maximum atomic E-state index is 14.5. The molecule has 1 aromatic carbocycles. The maximum Gasteiger partial charge on any atom is 0.409 e. The monoisotopic (exact) mass is 584 g/mol. The number of para-hydroxylation sites is 1. The number of primary amides is 1. The number of aromatic nitrogens is 1. The van der Waals surface area contributed by atoms with Gasteiger partial charge in [0.2, 0.25) is 5.91 Å². The van der Waals surface area contributed by atoms with E-state index in [2.05, 4.69) is 0 Å². The van der Waals surface area contributed by atoms with Gasteiger partial charge < -0.3 is 29.7 Å². The molecule has 2 aromatic rings. The summed E-state index contributed by atoms with van der Waals surface area (Å²) in [5, 5.41) is 0.580. The van der Waals surface area contributed by atoms with E-state index < -0.39 is 29.5 Å². The quantitative estimate of drug-likeness (QED) is 0.408. The van der Waals surface area contributed by atoms with Crippen LogP contribution in [0.1, 0.15) is 82.8 Å². The first-order valence-corrected chi connectivity index (χ1v) is 14.5. The Hall–Kier alpha value is -3.89. The number of carbonyl (C=O) groups excluding carboxylic acids is 4. The number of benzene rings is 1. The van der Waals surface area contributed by atoms with Crippen molar-refractivity contribution < 1.29 is 33.4 Å². The number of rotatable bonds is 10. The van der Waals surface area contributed by atoms with E-state index >= 15 is 0 Å². The molecule has 1 aliphatic rings. The van der Waals surface area contributed by atoms with Gasteiger partial charge in [-0.15, -0.1) is 0 Å². The predicted molar refractivity (Wildman–Crippen MR) is 158 cm³/mol. The van der Waals surface area contributed by atoms with Crippen LogP contribution in [0, 0.1) is 5.92 Å². The van der Waals surface area contributed by atoms with Crippen molar-refractivity contribution in [2.45, 2.75) is 78.4 Å². The molecule has 230 valence electrons. The van der Waals surface area contributed by atoms with Crippen LogP contribution < -0.4 is 10.5 Å². The topological polar surface area (TPSA) is 141 Å². The smallest absolute Gasteiger partial charge is 0.409 e. The highest BCUT2D eigenvalue weighted by Crippen LogP contribution is 2.37. The minimum absolute atomic E-state index is 0.00399. The van der Waals surface area contributed by atoms with Gasteiger partial charge in [-0.1, -0.05) is 26.0 Å². The van der Waals surface area contributed by atoms with Gasteiger partial charge in [0.15, 0.2) is 0 Å². The van der Waals surface area contributed by atoms with Crippen molar-refractivity contribution in [1.29, 1.82) is 0 Å². The minimum atomic E-state index is -0.998. The number of hydrogen-bond acceptors (Lipinski definition) is 8. The van der Waals surface area contributed by atoms with Gasteiger partial charge in [-0.3, -0.25) is 19.4 Å². The molecule has 42 heavy (non-hydrogen) atoms. The van der Waals surface area contributed by atoms with E-state index in [1.54, 1.807) is 61.8 Å². The van der Waals surface area contributed by atoms with Gasteiger partial charge in [0.25, 0.3) is 5.91 Å². The lowest BCUT2D eigenvalue weighted by molar-refractivity contribution is -0.155. The molecule has 1 saturated heterocycles. The highest BCUT2D eigenvalue weighted by atomic mass is 16.6. The molecule has 0 bridgehead atoms. The van der Waals surface area contributed by atoms with Gasteiger partial charge >= 0.3 is 12.1 Å². The fraction of sp³-hybridized carbons (Fsp3) is 0.581. The summed E-state index contributed by atoms with van der Waals surface area (Å²) in [5.74, 6) is -2.11. The Morgan fingerprint density at radius 3 is 2.40 bits per heavy atom. The van der Waals surface area contributed by atoms with Crippen LogP contribution in [-0.2, 0) is 19.1 Å². The molecular weight excluding hydrogens is 540 g/mol. The highest BCUT2D eigenvalue weighted by molar-refractivity contribution is 6.04. The van der Waals surface area contributed by atoms with Crippen LogP contribution in [0.5, 0.6) is 5.75 Å². The summed E-state index contributed by atoms with van der Waals surface area (Å²) in [6.45, 7) is 12.3. The number of fused-ring (bicyclic) bond motifs is 1. The summed E-state index contributed by atoms with van der Waals surface area (Å²) in [7, 11) is 1.43. The molecule has 2 atom stereocenters. The van der Waals surface area contributed by atoms with Crippen molar-refractivity contribution in [1.82, 2.24) is 14.8 Å². The third-order valence-corrected chi connectivity index (χ3v) is 7.04. The molecule has 2 unspecified atom stereocenters. The number of nitrogens with two attached hydrogens (primary N) is 1. The second-order valence-electron chi connectivity index (χ2n) is 11.9. The van der Waals surface area contributed by atoms with Crippen LogP contribution in [0.15, 0.2) is 24.3 Å². The van der Waals surface area contributed by atoms with E-state index in [9.17, 15) is 19.2 Å². The van der Waals surface area contributed by atoms with E-state index in [0.29, 0.717) is 23.9 Å². The number of amides is 3. The third kappa shape index (κ3) is 7.89. The molecular formula is C31H44N4O7. The molecule has 1 aliphatic heterocycles. The Morgan fingerprint density at radius 2 is 1.81 bits per heavy atom. The zero-order chi connectivity index (χ0) is 31.2. The van der Waals surface area contributed by atoms with Crippen molar-refractivity contribution >= 4 is 34.8 Å². The summed E-state index contributed by atoms with van der Waals surface area (Å²) < 4.78 is 16.4. The maximum absolute atomic E-state index is 14.5. The van der Waals surface area contributed by atoms with E-state index in [1.807, 2.05) is 13.8 Å². The first kappa shape index (κ1) is 32.6. The highest BCUT2D eigenvalue weighted by Gasteiger charge is 2.39. The van der Waals surface area contributed by atoms with Crippen molar-refractivity contribution in [3.63, 3.8) is 0 Å². The average molecular weight is 585 g/mol. The van der Waals surface area contributed by atoms with E-state index in [4.69, 9.17) is 24.9 Å². The van der Waals surface area contributed by atoms with Crippen molar-refractivity contribution in [3.05, 3.63) is 35.5 Å². The molecule has 1 aromatic heterocycles. The summed E-state index contributed by atoms with van der Waals surface area (Å²) in [6, 6.07) is 6.82. The molecule has 2 heterocycles. The van der Waals surface area contributed by atoms with Gasteiger partial charge in [-0.2, -0.15) is 0 Å². The zero-order valence-corrected chi connectivity index (χ0v) is 25.8. The molecule has 11 nitrogen and oxygen atoms in total. The third-order valence-electron chi connectivity index (χ3n) is 7.04. The fourth-order valence-electron chi connectivity index (χ4n) is 5.41. The molecule has 0 spiro atoms. The van der Waals surface area contributed by atoms with Crippen LogP contribution in [-0.4, -0.2) is 83.7 Å². The Morgan fingerprint density at radius 1 is 1.12 bits per heavy atom. The normalized spacial score (nSPS) is 16.3. The number of esters is 1. The zero-order valence-electron chi connectivity index (χ0n) is 25.8. The fourth-order valence-corrected chi connectivity index (χ4v) is 5.41.